The first kappa shape index (κ1) is 27.9. The van der Waals surface area contributed by atoms with Crippen molar-refractivity contribution in [2.75, 3.05) is 6.54 Å². The maximum absolute atomic E-state index is 13.9. The number of hydrogen-bond acceptors (Lipinski definition) is 3. The van der Waals surface area contributed by atoms with Gasteiger partial charge in [0, 0.05) is 24.2 Å². The van der Waals surface area contributed by atoms with Crippen LogP contribution in [-0.4, -0.2) is 29.7 Å². The van der Waals surface area contributed by atoms with E-state index in [1.807, 2.05) is 6.07 Å². The SMILES string of the molecule is CC(C)(C)Cc1ccc2c(c1)C(NCC(O)C(Cc1cc(F)cc(F)c1)NC(=O)c1ccccc1)CCC2. The molecule has 0 heterocycles. The highest BCUT2D eigenvalue weighted by atomic mass is 19.1. The molecule has 1 amide bonds. The Labute approximate surface area is 224 Å². The molecule has 0 spiro atoms. The Bertz CT molecular complexity index is 1220. The molecule has 3 aromatic carbocycles. The number of halogens is 2. The van der Waals surface area contributed by atoms with Gasteiger partial charge in [0.2, 0.25) is 0 Å². The lowest BCUT2D eigenvalue weighted by Crippen LogP contribution is -2.49. The van der Waals surface area contributed by atoms with Gasteiger partial charge in [-0.2, -0.15) is 0 Å². The van der Waals surface area contributed by atoms with Crippen LogP contribution in [0.25, 0.3) is 0 Å². The van der Waals surface area contributed by atoms with Gasteiger partial charge in [-0.05, 0) is 84.0 Å². The molecule has 202 valence electrons. The third-order valence-electron chi connectivity index (χ3n) is 7.03. The normalized spacial score (nSPS) is 16.9. The van der Waals surface area contributed by atoms with Crippen molar-refractivity contribution in [1.82, 2.24) is 10.6 Å². The predicted octanol–water partition coefficient (Wildman–Crippen LogP) is 5.92. The van der Waals surface area contributed by atoms with E-state index in [1.54, 1.807) is 24.3 Å². The van der Waals surface area contributed by atoms with Gasteiger partial charge in [-0.1, -0.05) is 57.2 Å². The van der Waals surface area contributed by atoms with Crippen LogP contribution in [0.15, 0.2) is 66.7 Å². The van der Waals surface area contributed by atoms with E-state index in [9.17, 15) is 18.7 Å². The zero-order valence-electron chi connectivity index (χ0n) is 22.4. The minimum atomic E-state index is -0.975. The summed E-state index contributed by atoms with van der Waals surface area (Å²) in [6.45, 7) is 6.91. The number of aryl methyl sites for hydroxylation is 1. The van der Waals surface area contributed by atoms with Crippen molar-refractivity contribution >= 4 is 5.91 Å². The summed E-state index contributed by atoms with van der Waals surface area (Å²) in [7, 11) is 0. The van der Waals surface area contributed by atoms with Gasteiger partial charge in [0.15, 0.2) is 0 Å². The van der Waals surface area contributed by atoms with Crippen LogP contribution < -0.4 is 10.6 Å². The molecule has 3 unspecified atom stereocenters. The molecule has 0 saturated carbocycles. The Kier molecular flexibility index (Phi) is 8.95. The molecule has 0 aromatic heterocycles. The lowest BCUT2D eigenvalue weighted by Gasteiger charge is -2.31. The second-order valence-electron chi connectivity index (χ2n) is 11.6. The van der Waals surface area contributed by atoms with Crippen LogP contribution in [0.2, 0.25) is 0 Å². The van der Waals surface area contributed by atoms with Crippen molar-refractivity contribution in [2.24, 2.45) is 5.41 Å². The topological polar surface area (TPSA) is 61.4 Å². The van der Waals surface area contributed by atoms with Crippen LogP contribution in [0.5, 0.6) is 0 Å². The molecule has 0 aliphatic heterocycles. The summed E-state index contributed by atoms with van der Waals surface area (Å²) in [6, 6.07) is 18.1. The monoisotopic (exact) mass is 520 g/mol. The molecule has 1 aliphatic carbocycles. The predicted molar refractivity (Wildman–Crippen MR) is 147 cm³/mol. The van der Waals surface area contributed by atoms with E-state index < -0.39 is 23.8 Å². The summed E-state index contributed by atoms with van der Waals surface area (Å²) in [5.41, 5.74) is 4.90. The minimum absolute atomic E-state index is 0.0883. The molecule has 3 atom stereocenters. The quantitative estimate of drug-likeness (QED) is 0.328. The van der Waals surface area contributed by atoms with E-state index in [0.717, 1.165) is 31.7 Å². The van der Waals surface area contributed by atoms with Gasteiger partial charge in [0.25, 0.3) is 5.91 Å². The summed E-state index contributed by atoms with van der Waals surface area (Å²) < 4.78 is 27.7. The lowest BCUT2D eigenvalue weighted by atomic mass is 9.82. The van der Waals surface area contributed by atoms with E-state index in [2.05, 4.69) is 49.6 Å². The van der Waals surface area contributed by atoms with E-state index in [-0.39, 0.29) is 30.3 Å². The summed E-state index contributed by atoms with van der Waals surface area (Å²) >= 11 is 0. The number of benzene rings is 3. The minimum Gasteiger partial charge on any atom is -0.390 e. The molecular formula is C32H38F2N2O2. The van der Waals surface area contributed by atoms with Crippen LogP contribution in [-0.2, 0) is 19.3 Å². The van der Waals surface area contributed by atoms with E-state index >= 15 is 0 Å². The summed E-state index contributed by atoms with van der Waals surface area (Å²) in [5, 5.41) is 17.6. The number of rotatable bonds is 9. The molecule has 3 aromatic rings. The second-order valence-corrected chi connectivity index (χ2v) is 11.6. The standard InChI is InChI=1S/C32H38F2N2O2/c1-32(2,3)19-21-12-13-23-10-7-11-28(27(23)16-21)35-20-30(37)29(17-22-14-25(33)18-26(34)15-22)36-31(38)24-8-5-4-6-9-24/h4-6,8-9,12-16,18,28-30,35,37H,7,10-11,17,19-20H2,1-3H3,(H,36,38). The van der Waals surface area contributed by atoms with Gasteiger partial charge in [0.1, 0.15) is 11.6 Å². The summed E-state index contributed by atoms with van der Waals surface area (Å²) in [6.07, 6.45) is 3.13. The number of carbonyl (C=O) groups is 1. The van der Waals surface area contributed by atoms with E-state index in [4.69, 9.17) is 0 Å². The molecule has 6 heteroatoms. The molecule has 1 aliphatic rings. The Balaban J connectivity index is 1.50. The maximum atomic E-state index is 13.9. The van der Waals surface area contributed by atoms with Gasteiger partial charge in [-0.25, -0.2) is 8.78 Å². The summed E-state index contributed by atoms with van der Waals surface area (Å²) in [4.78, 5) is 12.9. The summed E-state index contributed by atoms with van der Waals surface area (Å²) in [5.74, 6) is -1.72. The Morgan fingerprint density at radius 2 is 1.71 bits per heavy atom. The molecule has 0 fully saturated rings. The number of aliphatic hydroxyl groups excluding tert-OH is 1. The van der Waals surface area contributed by atoms with Crippen molar-refractivity contribution in [1.29, 1.82) is 0 Å². The smallest absolute Gasteiger partial charge is 0.251 e. The Hall–Kier alpha value is -3.09. The number of aliphatic hydroxyl groups is 1. The highest BCUT2D eigenvalue weighted by Gasteiger charge is 2.26. The molecule has 3 N–H and O–H groups in total. The zero-order valence-corrected chi connectivity index (χ0v) is 22.4. The molecule has 38 heavy (non-hydrogen) atoms. The number of carbonyl (C=O) groups excluding carboxylic acids is 1. The fourth-order valence-electron chi connectivity index (χ4n) is 5.30. The van der Waals surface area contributed by atoms with Crippen LogP contribution in [0.4, 0.5) is 8.78 Å². The largest absolute Gasteiger partial charge is 0.390 e. The van der Waals surface area contributed by atoms with E-state index in [0.29, 0.717) is 11.1 Å². The number of amides is 1. The third kappa shape index (κ3) is 7.71. The van der Waals surface area contributed by atoms with Gasteiger partial charge in [0.05, 0.1) is 12.1 Å². The van der Waals surface area contributed by atoms with Crippen LogP contribution in [0.3, 0.4) is 0 Å². The number of hydrogen-bond donors (Lipinski definition) is 3. The second kappa shape index (κ2) is 12.2. The molecular weight excluding hydrogens is 482 g/mol. The average Bonchev–Trinajstić information content (AvgIpc) is 2.85. The molecule has 4 rings (SSSR count). The van der Waals surface area contributed by atoms with Crippen molar-refractivity contribution in [2.45, 2.75) is 71.1 Å². The molecule has 0 radical (unpaired) electrons. The molecule has 0 bridgehead atoms. The van der Waals surface area contributed by atoms with Crippen LogP contribution in [0, 0.1) is 17.0 Å². The van der Waals surface area contributed by atoms with Crippen molar-refractivity contribution in [3.05, 3.63) is 106 Å². The lowest BCUT2D eigenvalue weighted by molar-refractivity contribution is 0.0823. The zero-order chi connectivity index (χ0) is 27.3. The van der Waals surface area contributed by atoms with Gasteiger partial charge < -0.3 is 15.7 Å². The maximum Gasteiger partial charge on any atom is 0.251 e. The number of nitrogens with one attached hydrogen (secondary N) is 2. The van der Waals surface area contributed by atoms with Crippen molar-refractivity contribution in [3.8, 4) is 0 Å². The van der Waals surface area contributed by atoms with Gasteiger partial charge >= 0.3 is 0 Å². The Morgan fingerprint density at radius 1 is 1.00 bits per heavy atom. The average molecular weight is 521 g/mol. The third-order valence-corrected chi connectivity index (χ3v) is 7.03. The van der Waals surface area contributed by atoms with E-state index in [1.165, 1.54) is 28.8 Å². The fraction of sp³-hybridized carbons (Fsp3) is 0.406. The van der Waals surface area contributed by atoms with Crippen LogP contribution >= 0.6 is 0 Å². The first-order chi connectivity index (χ1) is 18.1. The Morgan fingerprint density at radius 3 is 2.39 bits per heavy atom. The molecule has 0 saturated heterocycles. The first-order valence-electron chi connectivity index (χ1n) is 13.4. The van der Waals surface area contributed by atoms with Crippen molar-refractivity contribution in [3.63, 3.8) is 0 Å². The highest BCUT2D eigenvalue weighted by molar-refractivity contribution is 5.94. The van der Waals surface area contributed by atoms with Gasteiger partial charge in [-0.15, -0.1) is 0 Å². The van der Waals surface area contributed by atoms with Crippen LogP contribution in [0.1, 0.15) is 72.3 Å². The first-order valence-corrected chi connectivity index (χ1v) is 13.4. The highest BCUT2D eigenvalue weighted by Crippen LogP contribution is 2.32. The fourth-order valence-corrected chi connectivity index (χ4v) is 5.30. The molecule has 4 nitrogen and oxygen atoms in total. The van der Waals surface area contributed by atoms with Gasteiger partial charge in [-0.3, -0.25) is 4.79 Å². The number of fused-ring (bicyclic) bond motifs is 1. The van der Waals surface area contributed by atoms with Crippen molar-refractivity contribution < 1.29 is 18.7 Å².